The maximum absolute atomic E-state index is 14.1. The van der Waals surface area contributed by atoms with E-state index in [2.05, 4.69) is 5.32 Å². The second-order valence-corrected chi connectivity index (χ2v) is 5.80. The van der Waals surface area contributed by atoms with Gasteiger partial charge in [0.15, 0.2) is 0 Å². The Morgan fingerprint density at radius 3 is 2.71 bits per heavy atom. The fourth-order valence-corrected chi connectivity index (χ4v) is 2.86. The molecule has 17 heavy (non-hydrogen) atoms. The molecule has 3 rings (SSSR count). The van der Waals surface area contributed by atoms with Crippen molar-refractivity contribution >= 4 is 11.6 Å². The number of hydrogen-bond donors (Lipinski definition) is 1. The summed E-state index contributed by atoms with van der Waals surface area (Å²) < 4.78 is 14.1. The second kappa shape index (κ2) is 4.25. The lowest BCUT2D eigenvalue weighted by atomic mass is 9.64. The van der Waals surface area contributed by atoms with Crippen LogP contribution in [0, 0.1) is 5.82 Å². The summed E-state index contributed by atoms with van der Waals surface area (Å²) >= 11 is 5.88. The lowest BCUT2D eigenvalue weighted by Crippen LogP contribution is -2.45. The number of hydrogen-bond acceptors (Lipinski definition) is 1. The van der Waals surface area contributed by atoms with Crippen LogP contribution in [0.3, 0.4) is 0 Å². The highest BCUT2D eigenvalue weighted by molar-refractivity contribution is 6.30. The summed E-state index contributed by atoms with van der Waals surface area (Å²) in [6.07, 6.45) is 5.88. The Hall–Kier alpha value is -0.600. The van der Waals surface area contributed by atoms with E-state index in [1.165, 1.54) is 19.3 Å². The van der Waals surface area contributed by atoms with Gasteiger partial charge in [0.05, 0.1) is 5.02 Å². The molecule has 0 amide bonds. The van der Waals surface area contributed by atoms with Gasteiger partial charge in [0.1, 0.15) is 5.82 Å². The molecule has 1 aromatic carbocycles. The number of benzene rings is 1. The minimum atomic E-state index is -0.216. The van der Waals surface area contributed by atoms with Crippen LogP contribution in [0.4, 0.5) is 4.39 Å². The topological polar surface area (TPSA) is 12.0 Å². The number of nitrogens with one attached hydrogen (secondary N) is 1. The first kappa shape index (κ1) is 11.5. The lowest BCUT2D eigenvalue weighted by molar-refractivity contribution is 0.225. The normalized spacial score (nSPS) is 22.2. The van der Waals surface area contributed by atoms with Crippen molar-refractivity contribution in [1.29, 1.82) is 0 Å². The molecule has 2 aliphatic carbocycles. The summed E-state index contributed by atoms with van der Waals surface area (Å²) in [4.78, 5) is 0. The van der Waals surface area contributed by atoms with Gasteiger partial charge in [0.25, 0.3) is 0 Å². The van der Waals surface area contributed by atoms with Gasteiger partial charge in [-0.05, 0) is 37.3 Å². The first-order valence-corrected chi connectivity index (χ1v) is 6.77. The standard InChI is InChI=1S/C14H17ClFN/c15-12-4-1-3-11(13(12)16)14(7-2-8-14)9-17-10-5-6-10/h1,3-4,10,17H,2,5-9H2. The molecule has 3 heteroatoms. The Bertz CT molecular complexity index is 424. The molecule has 0 radical (unpaired) electrons. The molecule has 0 spiro atoms. The third kappa shape index (κ3) is 2.09. The summed E-state index contributed by atoms with van der Waals surface area (Å²) in [6, 6.07) is 6.06. The van der Waals surface area contributed by atoms with Gasteiger partial charge in [-0.15, -0.1) is 0 Å². The van der Waals surface area contributed by atoms with E-state index >= 15 is 0 Å². The van der Waals surface area contributed by atoms with Gasteiger partial charge in [-0.2, -0.15) is 0 Å². The molecule has 92 valence electrons. The van der Waals surface area contributed by atoms with Crippen LogP contribution in [0.15, 0.2) is 18.2 Å². The van der Waals surface area contributed by atoms with Crippen molar-refractivity contribution in [1.82, 2.24) is 5.32 Å². The van der Waals surface area contributed by atoms with E-state index in [1.807, 2.05) is 12.1 Å². The zero-order chi connectivity index (χ0) is 11.9. The largest absolute Gasteiger partial charge is 0.313 e. The van der Waals surface area contributed by atoms with Gasteiger partial charge in [-0.3, -0.25) is 0 Å². The minimum Gasteiger partial charge on any atom is -0.313 e. The Morgan fingerprint density at radius 2 is 2.12 bits per heavy atom. The smallest absolute Gasteiger partial charge is 0.145 e. The van der Waals surface area contributed by atoms with Gasteiger partial charge in [-0.25, -0.2) is 4.39 Å². The first-order valence-electron chi connectivity index (χ1n) is 6.39. The van der Waals surface area contributed by atoms with E-state index in [4.69, 9.17) is 11.6 Å². The summed E-state index contributed by atoms with van der Waals surface area (Å²) in [5, 5.41) is 3.78. The fourth-order valence-electron chi connectivity index (χ4n) is 2.69. The Labute approximate surface area is 106 Å². The molecule has 0 aliphatic heterocycles. The molecule has 0 unspecified atom stereocenters. The Kier molecular flexibility index (Phi) is 2.87. The predicted octanol–water partition coefficient (Wildman–Crippen LogP) is 3.65. The highest BCUT2D eigenvalue weighted by atomic mass is 35.5. The van der Waals surface area contributed by atoms with Crippen molar-refractivity contribution in [3.05, 3.63) is 34.6 Å². The van der Waals surface area contributed by atoms with Gasteiger partial charge < -0.3 is 5.32 Å². The van der Waals surface area contributed by atoms with Crippen LogP contribution in [0.1, 0.15) is 37.7 Å². The average molecular weight is 254 g/mol. The monoisotopic (exact) mass is 253 g/mol. The Balaban J connectivity index is 1.84. The fraction of sp³-hybridized carbons (Fsp3) is 0.571. The summed E-state index contributed by atoms with van der Waals surface area (Å²) in [7, 11) is 0. The second-order valence-electron chi connectivity index (χ2n) is 5.39. The van der Waals surface area contributed by atoms with Crippen molar-refractivity contribution in [3.63, 3.8) is 0 Å². The molecule has 0 saturated heterocycles. The van der Waals surface area contributed by atoms with Crippen LogP contribution in [0.5, 0.6) is 0 Å². The molecule has 0 heterocycles. The number of rotatable bonds is 4. The van der Waals surface area contributed by atoms with Crippen LogP contribution >= 0.6 is 11.6 Å². The first-order chi connectivity index (χ1) is 8.21. The van der Waals surface area contributed by atoms with Crippen molar-refractivity contribution in [2.24, 2.45) is 0 Å². The molecule has 2 fully saturated rings. The van der Waals surface area contributed by atoms with E-state index in [0.717, 1.165) is 24.9 Å². The molecule has 1 N–H and O–H groups in total. The summed E-state index contributed by atoms with van der Waals surface area (Å²) in [5.41, 5.74) is 0.807. The Morgan fingerprint density at radius 1 is 1.35 bits per heavy atom. The van der Waals surface area contributed by atoms with Gasteiger partial charge in [-0.1, -0.05) is 30.2 Å². The van der Waals surface area contributed by atoms with E-state index in [-0.39, 0.29) is 16.3 Å². The van der Waals surface area contributed by atoms with Crippen LogP contribution < -0.4 is 5.32 Å². The van der Waals surface area contributed by atoms with Crippen molar-refractivity contribution in [2.75, 3.05) is 6.54 Å². The highest BCUT2D eigenvalue weighted by Crippen LogP contribution is 2.45. The molecule has 0 aromatic heterocycles. The zero-order valence-electron chi connectivity index (χ0n) is 9.81. The SMILES string of the molecule is Fc1c(Cl)cccc1C1(CNC2CC2)CCC1. The number of halogens is 2. The minimum absolute atomic E-state index is 0.00241. The molecule has 2 saturated carbocycles. The average Bonchev–Trinajstić information content (AvgIpc) is 3.06. The lowest BCUT2D eigenvalue weighted by Gasteiger charge is -2.43. The van der Waals surface area contributed by atoms with Crippen LogP contribution in [-0.2, 0) is 5.41 Å². The molecule has 2 aliphatic rings. The van der Waals surface area contributed by atoms with Crippen molar-refractivity contribution < 1.29 is 4.39 Å². The van der Waals surface area contributed by atoms with Gasteiger partial charge in [0, 0.05) is 18.0 Å². The van der Waals surface area contributed by atoms with Crippen molar-refractivity contribution in [2.45, 2.75) is 43.6 Å². The molecule has 0 bridgehead atoms. The van der Waals surface area contributed by atoms with Gasteiger partial charge >= 0.3 is 0 Å². The van der Waals surface area contributed by atoms with Crippen LogP contribution in [-0.4, -0.2) is 12.6 Å². The van der Waals surface area contributed by atoms with Gasteiger partial charge in [0.2, 0.25) is 0 Å². The molecule has 0 atom stereocenters. The van der Waals surface area contributed by atoms with Crippen LogP contribution in [0.25, 0.3) is 0 Å². The van der Waals surface area contributed by atoms with E-state index in [9.17, 15) is 4.39 Å². The van der Waals surface area contributed by atoms with E-state index in [1.54, 1.807) is 6.07 Å². The predicted molar refractivity (Wildman–Crippen MR) is 68.0 cm³/mol. The highest BCUT2D eigenvalue weighted by Gasteiger charge is 2.41. The van der Waals surface area contributed by atoms with E-state index in [0.29, 0.717) is 6.04 Å². The third-order valence-corrected chi connectivity index (χ3v) is 4.43. The third-order valence-electron chi connectivity index (χ3n) is 4.14. The summed E-state index contributed by atoms with van der Waals surface area (Å²) in [6.45, 7) is 0.898. The maximum Gasteiger partial charge on any atom is 0.145 e. The molecular formula is C14H17ClFN. The molecule has 1 nitrogen and oxygen atoms in total. The van der Waals surface area contributed by atoms with Crippen LogP contribution in [0.2, 0.25) is 5.02 Å². The van der Waals surface area contributed by atoms with E-state index < -0.39 is 0 Å². The quantitative estimate of drug-likeness (QED) is 0.864. The molecule has 1 aromatic rings. The maximum atomic E-state index is 14.1. The van der Waals surface area contributed by atoms with Crippen molar-refractivity contribution in [3.8, 4) is 0 Å². The summed E-state index contributed by atoms with van der Waals surface area (Å²) in [5.74, 6) is -0.216. The molecular weight excluding hydrogens is 237 g/mol. The zero-order valence-corrected chi connectivity index (χ0v) is 10.6.